The standard InChI is InChI=1S/C23H31N5O2.2ClH/c1-14-5-4-6-17(9-14)10-18-11-20(22(25)29)28(13-18)16(3)23(30)26-12-19-7-8-21(24)27-15(19)2;;/h4-9,16,18,20H,10-13H2,1-3H3,(H2,24,27)(H2,25,29)(H,26,30);2*1H/t16-,18?,20?;;/m0../s1. The SMILES string of the molecule is Cc1cccc(CC2CC(C(N)=O)N([C@@H](C)C(=O)NCc3ccc(N)nc3C)C2)c1.Cl.Cl. The van der Waals surface area contributed by atoms with Crippen molar-refractivity contribution in [3.8, 4) is 0 Å². The Morgan fingerprint density at radius 2 is 1.94 bits per heavy atom. The number of aromatic nitrogens is 1. The van der Waals surface area contributed by atoms with Crippen molar-refractivity contribution in [3.05, 3.63) is 58.8 Å². The number of hydrogen-bond acceptors (Lipinski definition) is 5. The van der Waals surface area contributed by atoms with Crippen LogP contribution in [0.15, 0.2) is 36.4 Å². The van der Waals surface area contributed by atoms with Crippen LogP contribution in [-0.4, -0.2) is 40.3 Å². The monoisotopic (exact) mass is 481 g/mol. The van der Waals surface area contributed by atoms with Crippen molar-refractivity contribution in [1.82, 2.24) is 15.2 Å². The number of carbonyl (C=O) groups excluding carboxylic acids is 2. The van der Waals surface area contributed by atoms with Gasteiger partial charge < -0.3 is 16.8 Å². The van der Waals surface area contributed by atoms with Crippen LogP contribution in [0, 0.1) is 19.8 Å². The zero-order valence-corrected chi connectivity index (χ0v) is 20.3. The lowest BCUT2D eigenvalue weighted by Gasteiger charge is -2.28. The Morgan fingerprint density at radius 3 is 2.56 bits per heavy atom. The van der Waals surface area contributed by atoms with Crippen molar-refractivity contribution >= 4 is 42.4 Å². The Hall–Kier alpha value is -2.35. The molecule has 3 rings (SSSR count). The first kappa shape index (κ1) is 27.7. The molecule has 2 amide bonds. The van der Waals surface area contributed by atoms with E-state index in [0.29, 0.717) is 25.3 Å². The van der Waals surface area contributed by atoms with Crippen LogP contribution in [0.1, 0.15) is 35.7 Å². The Morgan fingerprint density at radius 1 is 1.22 bits per heavy atom. The van der Waals surface area contributed by atoms with Gasteiger partial charge in [0, 0.05) is 18.8 Å². The van der Waals surface area contributed by atoms with Crippen molar-refractivity contribution in [3.63, 3.8) is 0 Å². The van der Waals surface area contributed by atoms with Gasteiger partial charge in [-0.05, 0) is 56.7 Å². The summed E-state index contributed by atoms with van der Waals surface area (Å²) in [6.07, 6.45) is 1.54. The second-order valence-electron chi connectivity index (χ2n) is 8.28. The molecule has 0 radical (unpaired) electrons. The molecule has 0 bridgehead atoms. The first-order valence-corrected chi connectivity index (χ1v) is 10.3. The van der Waals surface area contributed by atoms with E-state index in [1.165, 1.54) is 11.1 Å². The number of nitrogens with one attached hydrogen (secondary N) is 1. The van der Waals surface area contributed by atoms with Gasteiger partial charge in [-0.3, -0.25) is 14.5 Å². The molecule has 3 atom stereocenters. The molecule has 1 aromatic heterocycles. The van der Waals surface area contributed by atoms with Crippen molar-refractivity contribution in [1.29, 1.82) is 0 Å². The van der Waals surface area contributed by atoms with Gasteiger partial charge in [-0.15, -0.1) is 24.8 Å². The van der Waals surface area contributed by atoms with Crippen LogP contribution in [0.2, 0.25) is 0 Å². The van der Waals surface area contributed by atoms with E-state index in [1.54, 1.807) is 6.07 Å². The van der Waals surface area contributed by atoms with E-state index in [1.807, 2.05) is 30.9 Å². The molecule has 2 heterocycles. The molecule has 1 saturated heterocycles. The predicted molar refractivity (Wildman–Crippen MR) is 132 cm³/mol. The number of halogens is 2. The van der Waals surface area contributed by atoms with E-state index in [-0.39, 0.29) is 42.5 Å². The largest absolute Gasteiger partial charge is 0.384 e. The lowest BCUT2D eigenvalue weighted by molar-refractivity contribution is -0.129. The van der Waals surface area contributed by atoms with Gasteiger partial charge in [-0.25, -0.2) is 4.98 Å². The van der Waals surface area contributed by atoms with Crippen LogP contribution in [-0.2, 0) is 22.6 Å². The van der Waals surface area contributed by atoms with Crippen LogP contribution >= 0.6 is 24.8 Å². The minimum absolute atomic E-state index is 0. The minimum Gasteiger partial charge on any atom is -0.384 e. The van der Waals surface area contributed by atoms with Gasteiger partial charge in [0.2, 0.25) is 11.8 Å². The Labute approximate surface area is 202 Å². The lowest BCUT2D eigenvalue weighted by atomic mass is 9.96. The highest BCUT2D eigenvalue weighted by molar-refractivity contribution is 5.86. The second kappa shape index (κ2) is 12.0. The summed E-state index contributed by atoms with van der Waals surface area (Å²) in [6, 6.07) is 11.1. The van der Waals surface area contributed by atoms with Crippen LogP contribution in [0.4, 0.5) is 5.82 Å². The fourth-order valence-electron chi connectivity index (χ4n) is 4.26. The zero-order valence-electron chi connectivity index (χ0n) is 18.7. The number of nitrogen functional groups attached to an aromatic ring is 1. The normalized spacial score (nSPS) is 18.8. The van der Waals surface area contributed by atoms with Gasteiger partial charge in [0.1, 0.15) is 5.82 Å². The van der Waals surface area contributed by atoms with Crippen molar-refractivity contribution < 1.29 is 9.59 Å². The number of pyridine rings is 1. The number of carbonyl (C=O) groups is 2. The number of rotatable bonds is 7. The summed E-state index contributed by atoms with van der Waals surface area (Å²) in [5, 5.41) is 2.95. The van der Waals surface area contributed by atoms with Crippen LogP contribution in [0.5, 0.6) is 0 Å². The van der Waals surface area contributed by atoms with Gasteiger partial charge in [0.05, 0.1) is 12.1 Å². The number of benzene rings is 1. The number of hydrogen-bond donors (Lipinski definition) is 3. The molecular weight excluding hydrogens is 449 g/mol. The molecule has 0 saturated carbocycles. The molecule has 1 aliphatic rings. The van der Waals surface area contributed by atoms with E-state index in [4.69, 9.17) is 11.5 Å². The molecule has 2 aromatic rings. The number of aryl methyl sites for hydroxylation is 2. The highest BCUT2D eigenvalue weighted by Crippen LogP contribution is 2.28. The third-order valence-corrected chi connectivity index (χ3v) is 5.91. The number of primary amides is 1. The molecule has 1 fully saturated rings. The lowest BCUT2D eigenvalue weighted by Crippen LogP contribution is -2.51. The van der Waals surface area contributed by atoms with Gasteiger partial charge in [-0.1, -0.05) is 35.9 Å². The van der Waals surface area contributed by atoms with Crippen LogP contribution < -0.4 is 16.8 Å². The molecule has 5 N–H and O–H groups in total. The summed E-state index contributed by atoms with van der Waals surface area (Å²) in [5.74, 6) is 0.230. The van der Waals surface area contributed by atoms with Gasteiger partial charge >= 0.3 is 0 Å². The van der Waals surface area contributed by atoms with Crippen molar-refractivity contribution in [2.24, 2.45) is 11.7 Å². The van der Waals surface area contributed by atoms with Crippen LogP contribution in [0.25, 0.3) is 0 Å². The summed E-state index contributed by atoms with van der Waals surface area (Å²) < 4.78 is 0. The van der Waals surface area contributed by atoms with Gasteiger partial charge in [-0.2, -0.15) is 0 Å². The maximum absolute atomic E-state index is 12.8. The summed E-state index contributed by atoms with van der Waals surface area (Å²) in [6.45, 7) is 6.79. The second-order valence-corrected chi connectivity index (χ2v) is 8.28. The molecule has 2 unspecified atom stereocenters. The van der Waals surface area contributed by atoms with Crippen molar-refractivity contribution in [2.75, 3.05) is 12.3 Å². The molecule has 1 aromatic carbocycles. The van der Waals surface area contributed by atoms with E-state index < -0.39 is 12.1 Å². The quantitative estimate of drug-likeness (QED) is 0.561. The average molecular weight is 482 g/mol. The molecule has 1 aliphatic heterocycles. The summed E-state index contributed by atoms with van der Waals surface area (Å²) in [5.41, 5.74) is 15.5. The van der Waals surface area contributed by atoms with Gasteiger partial charge in [0.15, 0.2) is 0 Å². The average Bonchev–Trinajstić information content (AvgIpc) is 3.10. The van der Waals surface area contributed by atoms with E-state index in [9.17, 15) is 9.59 Å². The molecule has 7 nitrogen and oxygen atoms in total. The van der Waals surface area contributed by atoms with E-state index in [2.05, 4.69) is 35.4 Å². The maximum Gasteiger partial charge on any atom is 0.237 e. The molecule has 9 heteroatoms. The summed E-state index contributed by atoms with van der Waals surface area (Å²) in [7, 11) is 0. The number of likely N-dealkylation sites (tertiary alicyclic amines) is 1. The van der Waals surface area contributed by atoms with Gasteiger partial charge in [0.25, 0.3) is 0 Å². The number of amides is 2. The van der Waals surface area contributed by atoms with Crippen molar-refractivity contribution in [2.45, 2.75) is 52.2 Å². The Bertz CT molecular complexity index is 940. The number of anilines is 1. The third-order valence-electron chi connectivity index (χ3n) is 5.91. The minimum atomic E-state index is -0.452. The highest BCUT2D eigenvalue weighted by Gasteiger charge is 2.40. The molecule has 176 valence electrons. The van der Waals surface area contributed by atoms with Crippen LogP contribution in [0.3, 0.4) is 0 Å². The molecule has 0 spiro atoms. The van der Waals surface area contributed by atoms with E-state index in [0.717, 1.165) is 17.7 Å². The molecule has 0 aliphatic carbocycles. The molecular formula is C23H33Cl2N5O2. The zero-order chi connectivity index (χ0) is 21.8. The fourth-order valence-corrected chi connectivity index (χ4v) is 4.26. The van der Waals surface area contributed by atoms with E-state index >= 15 is 0 Å². The number of nitrogens with two attached hydrogens (primary N) is 2. The maximum atomic E-state index is 12.8. The third kappa shape index (κ3) is 6.82. The summed E-state index contributed by atoms with van der Waals surface area (Å²) >= 11 is 0. The first-order valence-electron chi connectivity index (χ1n) is 10.3. The Kier molecular flexibility index (Phi) is 10.4. The highest BCUT2D eigenvalue weighted by atomic mass is 35.5. The topological polar surface area (TPSA) is 114 Å². The first-order chi connectivity index (χ1) is 14.2. The number of nitrogens with zero attached hydrogens (tertiary/aromatic N) is 2. The Balaban J connectivity index is 0.00000256. The smallest absolute Gasteiger partial charge is 0.237 e. The predicted octanol–water partition coefficient (Wildman–Crippen LogP) is 2.55. The summed E-state index contributed by atoms with van der Waals surface area (Å²) in [4.78, 5) is 31.0. The molecule has 32 heavy (non-hydrogen) atoms. The fraction of sp³-hybridized carbons (Fsp3) is 0.435.